The number of nitrogens with zero attached hydrogens (tertiary/aromatic N) is 2. The molecule has 0 spiro atoms. The summed E-state index contributed by atoms with van der Waals surface area (Å²) in [6.07, 6.45) is 2.06. The zero-order valence-corrected chi connectivity index (χ0v) is 22.9. The Morgan fingerprint density at radius 2 is 1.56 bits per heavy atom. The molecule has 0 aliphatic rings. The normalized spacial score (nSPS) is 11.1. The third kappa shape index (κ3) is 8.51. The van der Waals surface area contributed by atoms with Crippen molar-refractivity contribution in [3.8, 4) is 0 Å². The van der Waals surface area contributed by atoms with Crippen molar-refractivity contribution in [3.05, 3.63) is 106 Å². The molecule has 5 nitrogen and oxygen atoms in total. The van der Waals surface area contributed by atoms with Crippen LogP contribution in [-0.4, -0.2) is 21.9 Å². The third-order valence-corrected chi connectivity index (χ3v) is 6.12. The summed E-state index contributed by atoms with van der Waals surface area (Å²) in [7, 11) is 2.57. The van der Waals surface area contributed by atoms with Gasteiger partial charge in [0, 0.05) is 11.5 Å². The van der Waals surface area contributed by atoms with Crippen molar-refractivity contribution in [1.29, 1.82) is 0 Å². The smallest absolute Gasteiger partial charge is 0.261 e. The van der Waals surface area contributed by atoms with Gasteiger partial charge in [-0.25, -0.2) is 4.98 Å². The van der Waals surface area contributed by atoms with E-state index in [9.17, 15) is 9.59 Å². The maximum atomic E-state index is 12.9. The second-order valence-electron chi connectivity index (χ2n) is 8.64. The van der Waals surface area contributed by atoms with Gasteiger partial charge in [0.25, 0.3) is 5.56 Å². The van der Waals surface area contributed by atoms with Gasteiger partial charge in [0.2, 0.25) is 0 Å². The lowest BCUT2D eigenvalue weighted by Gasteiger charge is -2.17. The molecule has 4 aromatic rings. The highest BCUT2D eigenvalue weighted by Gasteiger charge is 2.15. The Morgan fingerprint density at radius 3 is 2.11 bits per heavy atom. The molecule has 1 aromatic heterocycles. The predicted octanol–water partition coefficient (Wildman–Crippen LogP) is 5.70. The highest BCUT2D eigenvalue weighted by Crippen LogP contribution is 2.19. The zero-order valence-electron chi connectivity index (χ0n) is 21.8. The number of aromatic nitrogens is 2. The standard InChI is InChI=1S/C19H20N2O.C8H9OP.C3H9N/c1-3-14(2)18-20-17-12-8-7-11-16(17)19(22)21(18)13-15-9-5-4-6-10-15;1-6(9)7-2-4-8(10)5-3-7;1-2-3-4/h4-12,14H,3,13H2,1-2H3;2-5H,10H2,1H3;2-4H2,1H3. The highest BCUT2D eigenvalue weighted by molar-refractivity contribution is 7.27. The number of ketones is 1. The SMILES string of the molecule is CC(=O)c1ccc(P)cc1.CCC(C)c1nc2ccccc2c(=O)n1Cc1ccccc1.CCCN. The monoisotopic (exact) mass is 503 g/mol. The fourth-order valence-electron chi connectivity index (χ4n) is 3.38. The molecule has 2 N–H and O–H groups in total. The molecule has 4 rings (SSSR count). The molecule has 36 heavy (non-hydrogen) atoms. The van der Waals surface area contributed by atoms with Gasteiger partial charge >= 0.3 is 0 Å². The predicted molar refractivity (Wildman–Crippen MR) is 155 cm³/mol. The Balaban J connectivity index is 0.000000270. The number of carbonyl (C=O) groups is 1. The van der Waals surface area contributed by atoms with E-state index < -0.39 is 0 Å². The summed E-state index contributed by atoms with van der Waals surface area (Å²) in [6.45, 7) is 9.26. The van der Waals surface area contributed by atoms with Crippen molar-refractivity contribution in [1.82, 2.24) is 9.55 Å². The first kappa shape index (κ1) is 29.1. The molecule has 3 aromatic carbocycles. The molecule has 0 aliphatic heterocycles. The zero-order chi connectivity index (χ0) is 26.5. The number of hydrogen-bond donors (Lipinski definition) is 1. The molecule has 0 amide bonds. The van der Waals surface area contributed by atoms with Gasteiger partial charge in [0.05, 0.1) is 17.4 Å². The highest BCUT2D eigenvalue weighted by atomic mass is 31.0. The molecule has 0 saturated heterocycles. The Labute approximate surface area is 217 Å². The number of nitrogens with two attached hydrogens (primary N) is 1. The second-order valence-corrected chi connectivity index (χ2v) is 9.31. The molecule has 1 heterocycles. The van der Waals surface area contributed by atoms with Crippen molar-refractivity contribution in [3.63, 3.8) is 0 Å². The first-order valence-electron chi connectivity index (χ1n) is 12.4. The van der Waals surface area contributed by atoms with Crippen LogP contribution in [0.4, 0.5) is 0 Å². The van der Waals surface area contributed by atoms with Crippen LogP contribution in [0.5, 0.6) is 0 Å². The van der Waals surface area contributed by atoms with E-state index in [-0.39, 0.29) is 17.3 Å². The molecule has 0 bridgehead atoms. The van der Waals surface area contributed by atoms with E-state index in [0.717, 1.165) is 47.2 Å². The fraction of sp³-hybridized carbons (Fsp3) is 0.300. The van der Waals surface area contributed by atoms with Crippen LogP contribution >= 0.6 is 9.24 Å². The van der Waals surface area contributed by atoms with Crippen LogP contribution in [0.3, 0.4) is 0 Å². The number of hydrogen-bond acceptors (Lipinski definition) is 4. The minimum atomic E-state index is 0.0461. The largest absolute Gasteiger partial charge is 0.330 e. The van der Waals surface area contributed by atoms with Gasteiger partial charge < -0.3 is 5.73 Å². The van der Waals surface area contributed by atoms with Crippen molar-refractivity contribution in [2.45, 2.75) is 53.0 Å². The van der Waals surface area contributed by atoms with Crippen LogP contribution in [0.25, 0.3) is 10.9 Å². The first-order valence-corrected chi connectivity index (χ1v) is 13.0. The van der Waals surface area contributed by atoms with Gasteiger partial charge in [0.15, 0.2) is 5.78 Å². The Kier molecular flexibility index (Phi) is 12.2. The average molecular weight is 504 g/mol. The van der Waals surface area contributed by atoms with E-state index in [4.69, 9.17) is 10.7 Å². The molecule has 0 radical (unpaired) electrons. The van der Waals surface area contributed by atoms with E-state index in [1.807, 2.05) is 83.4 Å². The lowest BCUT2D eigenvalue weighted by atomic mass is 10.1. The first-order chi connectivity index (χ1) is 17.3. The third-order valence-electron chi connectivity index (χ3n) is 5.73. The van der Waals surface area contributed by atoms with Crippen LogP contribution in [0.2, 0.25) is 0 Å². The number of fused-ring (bicyclic) bond motifs is 1. The second kappa shape index (κ2) is 15.1. The topological polar surface area (TPSA) is 78.0 Å². The minimum Gasteiger partial charge on any atom is -0.330 e. The maximum Gasteiger partial charge on any atom is 0.261 e. The molecular weight excluding hydrogens is 465 g/mol. The van der Waals surface area contributed by atoms with Gasteiger partial charge in [-0.2, -0.15) is 0 Å². The summed E-state index contributed by atoms with van der Waals surface area (Å²) in [4.78, 5) is 28.4. The summed E-state index contributed by atoms with van der Waals surface area (Å²) < 4.78 is 1.83. The fourth-order valence-corrected chi connectivity index (χ4v) is 3.57. The van der Waals surface area contributed by atoms with Crippen molar-refractivity contribution in [2.24, 2.45) is 5.73 Å². The van der Waals surface area contributed by atoms with Gasteiger partial charge in [-0.15, -0.1) is 9.24 Å². The van der Waals surface area contributed by atoms with Gasteiger partial charge in [0.1, 0.15) is 5.82 Å². The molecule has 0 saturated carbocycles. The van der Waals surface area contributed by atoms with Crippen LogP contribution in [0.15, 0.2) is 83.7 Å². The summed E-state index contributed by atoms with van der Waals surface area (Å²) in [6, 6.07) is 25.1. The average Bonchev–Trinajstić information content (AvgIpc) is 2.91. The van der Waals surface area contributed by atoms with E-state index in [1.165, 1.54) is 0 Å². The van der Waals surface area contributed by atoms with Gasteiger partial charge in [-0.1, -0.05) is 87.5 Å². The Hall–Kier alpha value is -3.14. The molecule has 0 fully saturated rings. The van der Waals surface area contributed by atoms with Crippen molar-refractivity contribution >= 4 is 31.2 Å². The van der Waals surface area contributed by atoms with Gasteiger partial charge in [-0.05, 0) is 49.3 Å². The van der Waals surface area contributed by atoms with Crippen molar-refractivity contribution < 1.29 is 4.79 Å². The van der Waals surface area contributed by atoms with E-state index in [0.29, 0.717) is 11.9 Å². The number of carbonyl (C=O) groups excluding carboxylic acids is 1. The Bertz CT molecular complexity index is 1280. The molecule has 190 valence electrons. The molecule has 2 unspecified atom stereocenters. The number of Topliss-reactive ketones (excluding diaryl/α,β-unsaturated/α-hetero) is 1. The quantitative estimate of drug-likeness (QED) is 0.270. The van der Waals surface area contributed by atoms with Crippen LogP contribution in [0.1, 0.15) is 68.2 Å². The molecule has 0 aliphatic carbocycles. The summed E-state index contributed by atoms with van der Waals surface area (Å²) in [5.74, 6) is 1.24. The van der Waals surface area contributed by atoms with Crippen molar-refractivity contribution in [2.75, 3.05) is 6.54 Å². The maximum absolute atomic E-state index is 12.9. The number of rotatable bonds is 6. The number of benzene rings is 3. The van der Waals surface area contributed by atoms with Gasteiger partial charge in [-0.3, -0.25) is 14.2 Å². The lowest BCUT2D eigenvalue weighted by molar-refractivity contribution is 0.101. The Morgan fingerprint density at radius 1 is 0.972 bits per heavy atom. The lowest BCUT2D eigenvalue weighted by Crippen LogP contribution is -2.27. The van der Waals surface area contributed by atoms with Crippen LogP contribution in [0, 0.1) is 0 Å². The van der Waals surface area contributed by atoms with E-state index in [1.54, 1.807) is 6.92 Å². The van der Waals surface area contributed by atoms with E-state index in [2.05, 4.69) is 30.0 Å². The molecule has 2 atom stereocenters. The summed E-state index contributed by atoms with van der Waals surface area (Å²) in [5, 5.41) is 1.79. The summed E-state index contributed by atoms with van der Waals surface area (Å²) >= 11 is 0. The summed E-state index contributed by atoms with van der Waals surface area (Å²) in [5.41, 5.74) is 7.74. The minimum absolute atomic E-state index is 0.0461. The van der Waals surface area contributed by atoms with E-state index >= 15 is 0 Å². The van der Waals surface area contributed by atoms with Crippen LogP contribution < -0.4 is 16.6 Å². The number of para-hydroxylation sites is 1. The van der Waals surface area contributed by atoms with Crippen LogP contribution in [-0.2, 0) is 6.54 Å². The molecule has 6 heteroatoms. The molecular formula is C30H38N3O2P.